The summed E-state index contributed by atoms with van der Waals surface area (Å²) in [6, 6.07) is 7.93. The minimum absolute atomic E-state index is 0.168. The number of imide groups is 1. The highest BCUT2D eigenvalue weighted by Gasteiger charge is 2.26. The van der Waals surface area contributed by atoms with Gasteiger partial charge in [0.05, 0.1) is 0 Å². The van der Waals surface area contributed by atoms with Crippen molar-refractivity contribution in [3.63, 3.8) is 0 Å². The van der Waals surface area contributed by atoms with E-state index in [4.69, 9.17) is 0 Å². The first-order valence-corrected chi connectivity index (χ1v) is 8.23. The van der Waals surface area contributed by atoms with E-state index in [-0.39, 0.29) is 18.0 Å². The Bertz CT molecular complexity index is 524. The van der Waals surface area contributed by atoms with Crippen LogP contribution in [0.15, 0.2) is 24.3 Å². The van der Waals surface area contributed by atoms with E-state index in [0.717, 1.165) is 0 Å². The van der Waals surface area contributed by atoms with Crippen molar-refractivity contribution in [2.24, 2.45) is 5.92 Å². The van der Waals surface area contributed by atoms with Gasteiger partial charge in [-0.15, -0.1) is 0 Å². The van der Waals surface area contributed by atoms with Gasteiger partial charge in [0.25, 0.3) is 5.91 Å². The molecule has 2 atom stereocenters. The highest BCUT2D eigenvalue weighted by atomic mass is 16.2. The van der Waals surface area contributed by atoms with Crippen LogP contribution >= 0.6 is 0 Å². The number of urea groups is 1. The minimum atomic E-state index is -0.474. The maximum Gasteiger partial charge on any atom is 0.321 e. The molecule has 0 saturated carbocycles. The molecule has 0 fully saturated rings. The van der Waals surface area contributed by atoms with Crippen molar-refractivity contribution in [2.45, 2.75) is 52.6 Å². The second kappa shape index (κ2) is 8.67. The lowest BCUT2D eigenvalue weighted by Crippen LogP contribution is -2.93. The van der Waals surface area contributed by atoms with Crippen LogP contribution in [0.5, 0.6) is 0 Å². The third-order valence-electron chi connectivity index (χ3n) is 4.08. The van der Waals surface area contributed by atoms with Crippen molar-refractivity contribution in [3.8, 4) is 0 Å². The number of benzene rings is 1. The van der Waals surface area contributed by atoms with Gasteiger partial charge in [-0.05, 0) is 18.4 Å². The Morgan fingerprint density at radius 2 is 1.48 bits per heavy atom. The van der Waals surface area contributed by atoms with E-state index in [1.807, 2.05) is 12.2 Å². The molecular formula is C18H30N3O2+. The lowest BCUT2D eigenvalue weighted by atomic mass is 9.93. The summed E-state index contributed by atoms with van der Waals surface area (Å²) in [4.78, 5) is 23.3. The topological polar surface area (TPSA) is 74.8 Å². The molecule has 0 bridgehead atoms. The largest absolute Gasteiger partial charge is 0.341 e. The first-order chi connectivity index (χ1) is 10.8. The van der Waals surface area contributed by atoms with Crippen LogP contribution in [0.1, 0.15) is 57.7 Å². The molecule has 0 aliphatic rings. The average Bonchev–Trinajstić information content (AvgIpc) is 2.51. The zero-order valence-corrected chi connectivity index (χ0v) is 15.0. The quantitative estimate of drug-likeness (QED) is 0.749. The standard InChI is InChI=1S/C18H29N3O2/c1-11(2)14-7-9-15(10-8-14)16(12(3)4)20-13(5)17(22)21-18(23)19-6/h7-13,16,20H,1-6H3,(H2,19,21,22,23)/p+1/t13-,16+/m1/s1. The van der Waals surface area contributed by atoms with Gasteiger partial charge < -0.3 is 10.6 Å². The van der Waals surface area contributed by atoms with E-state index >= 15 is 0 Å². The van der Waals surface area contributed by atoms with Gasteiger partial charge in [-0.25, -0.2) is 4.79 Å². The first-order valence-electron chi connectivity index (χ1n) is 8.23. The summed E-state index contributed by atoms with van der Waals surface area (Å²) in [5, 5.41) is 6.74. The minimum Gasteiger partial charge on any atom is -0.341 e. The lowest BCUT2D eigenvalue weighted by molar-refractivity contribution is -0.719. The van der Waals surface area contributed by atoms with Gasteiger partial charge >= 0.3 is 6.03 Å². The molecule has 0 aromatic heterocycles. The number of quaternary nitrogens is 1. The molecule has 4 N–H and O–H groups in total. The predicted molar refractivity (Wildman–Crippen MR) is 92.1 cm³/mol. The molecule has 5 nitrogen and oxygen atoms in total. The first kappa shape index (κ1) is 19.2. The fourth-order valence-corrected chi connectivity index (χ4v) is 2.51. The van der Waals surface area contributed by atoms with E-state index < -0.39 is 6.03 Å². The lowest BCUT2D eigenvalue weighted by Gasteiger charge is -2.23. The smallest absolute Gasteiger partial charge is 0.321 e. The van der Waals surface area contributed by atoms with E-state index in [9.17, 15) is 9.59 Å². The van der Waals surface area contributed by atoms with Gasteiger partial charge in [0.15, 0.2) is 6.04 Å². The molecule has 0 unspecified atom stereocenters. The highest BCUT2D eigenvalue weighted by molar-refractivity contribution is 5.95. The summed E-state index contributed by atoms with van der Waals surface area (Å²) in [5.74, 6) is 0.590. The third kappa shape index (κ3) is 5.67. The predicted octanol–water partition coefficient (Wildman–Crippen LogP) is 1.91. The van der Waals surface area contributed by atoms with Gasteiger partial charge in [0, 0.05) is 18.5 Å². The zero-order valence-electron chi connectivity index (χ0n) is 15.0. The molecule has 3 amide bonds. The molecule has 0 aliphatic carbocycles. The van der Waals surface area contributed by atoms with E-state index in [0.29, 0.717) is 11.8 Å². The number of carbonyl (C=O) groups is 2. The fourth-order valence-electron chi connectivity index (χ4n) is 2.51. The number of hydrogen-bond acceptors (Lipinski definition) is 2. The summed E-state index contributed by atoms with van der Waals surface area (Å²) in [5.41, 5.74) is 2.51. The van der Waals surface area contributed by atoms with Crippen molar-refractivity contribution >= 4 is 11.9 Å². The Hall–Kier alpha value is -1.88. The number of nitrogens with two attached hydrogens (primary N) is 1. The molecule has 128 valence electrons. The van der Waals surface area contributed by atoms with Crippen LogP contribution in [0.3, 0.4) is 0 Å². The Kier molecular flexibility index (Phi) is 7.23. The molecule has 0 radical (unpaired) electrons. The van der Waals surface area contributed by atoms with Crippen LogP contribution in [0.4, 0.5) is 4.79 Å². The molecule has 1 aromatic carbocycles. The number of nitrogens with one attached hydrogen (secondary N) is 2. The Morgan fingerprint density at radius 3 is 1.91 bits per heavy atom. The number of carbonyl (C=O) groups excluding carboxylic acids is 2. The van der Waals surface area contributed by atoms with Crippen molar-refractivity contribution in [2.75, 3.05) is 7.05 Å². The maximum atomic E-state index is 12.0. The van der Waals surface area contributed by atoms with E-state index in [2.05, 4.69) is 62.6 Å². The van der Waals surface area contributed by atoms with Gasteiger partial charge in [-0.1, -0.05) is 52.0 Å². The van der Waals surface area contributed by atoms with Crippen LogP contribution in [-0.4, -0.2) is 25.0 Å². The van der Waals surface area contributed by atoms with Crippen LogP contribution in [0, 0.1) is 5.92 Å². The maximum absolute atomic E-state index is 12.0. The van der Waals surface area contributed by atoms with Crippen molar-refractivity contribution in [1.29, 1.82) is 0 Å². The number of rotatable bonds is 6. The highest BCUT2D eigenvalue weighted by Crippen LogP contribution is 2.21. The Morgan fingerprint density at radius 1 is 0.957 bits per heavy atom. The van der Waals surface area contributed by atoms with Gasteiger partial charge in [-0.2, -0.15) is 0 Å². The average molecular weight is 320 g/mol. The summed E-state index contributed by atoms with van der Waals surface area (Å²) in [7, 11) is 1.49. The van der Waals surface area contributed by atoms with Crippen LogP contribution < -0.4 is 16.0 Å². The summed E-state index contributed by atoms with van der Waals surface area (Å²) in [6.45, 7) is 10.4. The third-order valence-corrected chi connectivity index (χ3v) is 4.08. The van der Waals surface area contributed by atoms with Crippen LogP contribution in [-0.2, 0) is 4.79 Å². The van der Waals surface area contributed by atoms with Gasteiger partial charge in [0.2, 0.25) is 0 Å². The molecular weight excluding hydrogens is 290 g/mol. The van der Waals surface area contributed by atoms with Gasteiger partial charge in [0.1, 0.15) is 6.04 Å². The Labute approximate surface area is 139 Å². The normalized spacial score (nSPS) is 13.7. The summed E-state index contributed by atoms with van der Waals surface area (Å²) < 4.78 is 0. The molecule has 1 aromatic rings. The Balaban J connectivity index is 2.82. The van der Waals surface area contributed by atoms with E-state index in [1.165, 1.54) is 18.2 Å². The summed E-state index contributed by atoms with van der Waals surface area (Å²) >= 11 is 0. The zero-order chi connectivity index (χ0) is 17.6. The fraction of sp³-hybridized carbons (Fsp3) is 0.556. The second-order valence-corrected chi connectivity index (χ2v) is 6.64. The molecule has 0 saturated heterocycles. The monoisotopic (exact) mass is 320 g/mol. The van der Waals surface area contributed by atoms with Gasteiger partial charge in [-0.3, -0.25) is 10.1 Å². The van der Waals surface area contributed by atoms with Crippen LogP contribution in [0.2, 0.25) is 0 Å². The molecule has 0 heterocycles. The van der Waals surface area contributed by atoms with Crippen LogP contribution in [0.25, 0.3) is 0 Å². The summed E-state index contributed by atoms with van der Waals surface area (Å²) in [6.07, 6.45) is 0. The molecule has 1 rings (SSSR count). The molecule has 0 spiro atoms. The van der Waals surface area contributed by atoms with Crippen molar-refractivity contribution in [1.82, 2.24) is 10.6 Å². The van der Waals surface area contributed by atoms with E-state index in [1.54, 1.807) is 0 Å². The number of hydrogen-bond donors (Lipinski definition) is 3. The molecule has 5 heteroatoms. The van der Waals surface area contributed by atoms with Crippen molar-refractivity contribution in [3.05, 3.63) is 35.4 Å². The van der Waals surface area contributed by atoms with Crippen molar-refractivity contribution < 1.29 is 14.9 Å². The molecule has 0 aliphatic heterocycles. The molecule has 23 heavy (non-hydrogen) atoms. The second-order valence-electron chi connectivity index (χ2n) is 6.64. The SMILES string of the molecule is CNC(=O)NC(=O)[C@@H](C)[NH2+][C@H](c1ccc(C(C)C)cc1)C(C)C. The number of amides is 3.